The third-order valence-electron chi connectivity index (χ3n) is 3.74. The van der Waals surface area contributed by atoms with Crippen molar-refractivity contribution in [2.24, 2.45) is 5.73 Å². The third kappa shape index (κ3) is 2.71. The lowest BCUT2D eigenvalue weighted by atomic mass is 9.81. The van der Waals surface area contributed by atoms with E-state index in [-0.39, 0.29) is 5.91 Å². The van der Waals surface area contributed by atoms with E-state index in [1.54, 1.807) is 0 Å². The summed E-state index contributed by atoms with van der Waals surface area (Å²) in [6.07, 6.45) is 6.10. The summed E-state index contributed by atoms with van der Waals surface area (Å²) >= 11 is 0. The van der Waals surface area contributed by atoms with Crippen LogP contribution >= 0.6 is 0 Å². The molecule has 0 spiro atoms. The smallest absolute Gasteiger partial charge is 0.242 e. The van der Waals surface area contributed by atoms with Gasteiger partial charge in [0.15, 0.2) is 0 Å². The van der Waals surface area contributed by atoms with E-state index in [1.807, 2.05) is 11.9 Å². The van der Waals surface area contributed by atoms with Crippen molar-refractivity contribution in [1.29, 1.82) is 0 Å². The van der Waals surface area contributed by atoms with Gasteiger partial charge in [-0.25, -0.2) is 0 Å². The molecule has 0 aromatic heterocycles. The van der Waals surface area contributed by atoms with Crippen molar-refractivity contribution in [2.75, 3.05) is 7.05 Å². The lowest BCUT2D eigenvalue weighted by Gasteiger charge is -2.37. The van der Waals surface area contributed by atoms with Crippen molar-refractivity contribution in [3.63, 3.8) is 0 Å². The van der Waals surface area contributed by atoms with Crippen molar-refractivity contribution in [2.45, 2.75) is 64.0 Å². The highest BCUT2D eigenvalue weighted by atomic mass is 16.2. The maximum atomic E-state index is 12.2. The minimum atomic E-state index is -0.573. The summed E-state index contributed by atoms with van der Waals surface area (Å²) in [4.78, 5) is 14.0. The third-order valence-corrected chi connectivity index (χ3v) is 3.74. The molecule has 1 rings (SSSR count). The van der Waals surface area contributed by atoms with Gasteiger partial charge in [-0.2, -0.15) is 0 Å². The normalized spacial score (nSPS) is 22.1. The van der Waals surface area contributed by atoms with E-state index < -0.39 is 5.54 Å². The number of nitrogens with zero attached hydrogens (tertiary/aromatic N) is 1. The second-order valence-electron chi connectivity index (χ2n) is 4.89. The Morgan fingerprint density at radius 1 is 1.40 bits per heavy atom. The molecule has 88 valence electrons. The monoisotopic (exact) mass is 212 g/mol. The van der Waals surface area contributed by atoms with Crippen molar-refractivity contribution in [1.82, 2.24) is 4.90 Å². The fourth-order valence-corrected chi connectivity index (χ4v) is 2.22. The quantitative estimate of drug-likeness (QED) is 0.776. The highest BCUT2D eigenvalue weighted by Gasteiger charge is 2.38. The van der Waals surface area contributed by atoms with E-state index in [9.17, 15) is 4.79 Å². The Hall–Kier alpha value is -0.570. The maximum Gasteiger partial charge on any atom is 0.242 e. The first-order chi connectivity index (χ1) is 7.01. The van der Waals surface area contributed by atoms with Crippen LogP contribution in [0.2, 0.25) is 0 Å². The molecule has 0 heterocycles. The first-order valence-electron chi connectivity index (χ1n) is 6.07. The predicted octanol–water partition coefficient (Wildman–Crippen LogP) is 1.90. The van der Waals surface area contributed by atoms with Crippen molar-refractivity contribution >= 4 is 5.91 Å². The summed E-state index contributed by atoms with van der Waals surface area (Å²) in [5, 5.41) is 0. The molecule has 1 fully saturated rings. The van der Waals surface area contributed by atoms with Crippen LogP contribution in [0.1, 0.15) is 52.4 Å². The highest BCUT2D eigenvalue weighted by Crippen LogP contribution is 2.28. The van der Waals surface area contributed by atoms with Gasteiger partial charge in [0.05, 0.1) is 5.54 Å². The second-order valence-corrected chi connectivity index (χ2v) is 4.89. The van der Waals surface area contributed by atoms with Crippen LogP contribution in [-0.4, -0.2) is 29.4 Å². The zero-order chi connectivity index (χ0) is 11.5. The van der Waals surface area contributed by atoms with Crippen LogP contribution in [0.3, 0.4) is 0 Å². The molecule has 0 bridgehead atoms. The number of rotatable bonds is 3. The van der Waals surface area contributed by atoms with Gasteiger partial charge in [0.2, 0.25) is 5.91 Å². The minimum Gasteiger partial charge on any atom is -0.341 e. The number of amides is 1. The van der Waals surface area contributed by atoms with Gasteiger partial charge < -0.3 is 10.6 Å². The van der Waals surface area contributed by atoms with Crippen LogP contribution in [0.5, 0.6) is 0 Å². The Kier molecular flexibility index (Phi) is 4.14. The number of nitrogens with two attached hydrogens (primary N) is 1. The number of hydrogen-bond donors (Lipinski definition) is 1. The average Bonchev–Trinajstić information content (AvgIpc) is 2.27. The fourth-order valence-electron chi connectivity index (χ4n) is 2.22. The summed E-state index contributed by atoms with van der Waals surface area (Å²) in [7, 11) is 1.87. The van der Waals surface area contributed by atoms with Crippen LogP contribution in [0.4, 0.5) is 0 Å². The van der Waals surface area contributed by atoms with Gasteiger partial charge in [0.1, 0.15) is 0 Å². The molecule has 1 amide bonds. The molecule has 3 heteroatoms. The van der Waals surface area contributed by atoms with Gasteiger partial charge in [-0.15, -0.1) is 0 Å². The zero-order valence-corrected chi connectivity index (χ0v) is 10.3. The predicted molar refractivity (Wildman–Crippen MR) is 62.5 cm³/mol. The van der Waals surface area contributed by atoms with Crippen LogP contribution < -0.4 is 5.73 Å². The molecule has 1 unspecified atom stereocenters. The molecule has 2 N–H and O–H groups in total. The Bertz CT molecular complexity index is 222. The summed E-state index contributed by atoms with van der Waals surface area (Å²) < 4.78 is 0. The molecule has 3 nitrogen and oxygen atoms in total. The van der Waals surface area contributed by atoms with Gasteiger partial charge in [-0.1, -0.05) is 26.2 Å². The van der Waals surface area contributed by atoms with Gasteiger partial charge in [-0.05, 0) is 26.2 Å². The molecule has 0 radical (unpaired) electrons. The van der Waals surface area contributed by atoms with E-state index in [0.717, 1.165) is 32.1 Å². The van der Waals surface area contributed by atoms with Gasteiger partial charge in [0, 0.05) is 13.1 Å². The molecular formula is C12H24N2O. The molecule has 1 aliphatic rings. The fraction of sp³-hybridized carbons (Fsp3) is 0.917. The molecule has 1 atom stereocenters. The Morgan fingerprint density at radius 3 is 2.40 bits per heavy atom. The van der Waals surface area contributed by atoms with E-state index in [1.165, 1.54) is 6.42 Å². The number of likely N-dealkylation sites (N-methyl/N-ethyl adjacent to an activating group) is 1. The standard InChI is InChI=1S/C12H24N2O/c1-4-10(2)14(3)11(15)12(13)8-6-5-7-9-12/h10H,4-9,13H2,1-3H3. The van der Waals surface area contributed by atoms with Crippen molar-refractivity contribution < 1.29 is 4.79 Å². The average molecular weight is 212 g/mol. The lowest BCUT2D eigenvalue weighted by Crippen LogP contribution is -2.57. The second kappa shape index (κ2) is 4.97. The molecule has 15 heavy (non-hydrogen) atoms. The summed E-state index contributed by atoms with van der Waals surface area (Å²) in [6, 6.07) is 0.292. The molecular weight excluding hydrogens is 188 g/mol. The minimum absolute atomic E-state index is 0.136. The number of carbonyl (C=O) groups is 1. The molecule has 0 aromatic carbocycles. The summed E-state index contributed by atoms with van der Waals surface area (Å²) in [5.74, 6) is 0.136. The van der Waals surface area contributed by atoms with E-state index in [2.05, 4.69) is 13.8 Å². The molecule has 0 saturated heterocycles. The zero-order valence-electron chi connectivity index (χ0n) is 10.3. The van der Waals surface area contributed by atoms with Gasteiger partial charge in [0.25, 0.3) is 0 Å². The molecule has 0 aliphatic heterocycles. The number of carbonyl (C=O) groups excluding carboxylic acids is 1. The van der Waals surface area contributed by atoms with Crippen molar-refractivity contribution in [3.8, 4) is 0 Å². The van der Waals surface area contributed by atoms with Crippen LogP contribution in [0, 0.1) is 0 Å². The summed E-state index contributed by atoms with van der Waals surface area (Å²) in [6.45, 7) is 4.17. The van der Waals surface area contributed by atoms with Crippen LogP contribution in [0.15, 0.2) is 0 Å². The molecule has 0 aromatic rings. The largest absolute Gasteiger partial charge is 0.341 e. The topological polar surface area (TPSA) is 46.3 Å². The lowest BCUT2D eigenvalue weighted by molar-refractivity contribution is -0.138. The first kappa shape index (κ1) is 12.5. The van der Waals surface area contributed by atoms with Crippen LogP contribution in [-0.2, 0) is 4.79 Å². The Morgan fingerprint density at radius 2 is 1.93 bits per heavy atom. The van der Waals surface area contributed by atoms with E-state index in [0.29, 0.717) is 6.04 Å². The summed E-state index contributed by atoms with van der Waals surface area (Å²) in [5.41, 5.74) is 5.63. The SMILES string of the molecule is CCC(C)N(C)C(=O)C1(N)CCCCC1. The van der Waals surface area contributed by atoms with Gasteiger partial charge in [-0.3, -0.25) is 4.79 Å². The Labute approximate surface area is 93.0 Å². The van der Waals surface area contributed by atoms with Crippen molar-refractivity contribution in [3.05, 3.63) is 0 Å². The van der Waals surface area contributed by atoms with Gasteiger partial charge >= 0.3 is 0 Å². The van der Waals surface area contributed by atoms with Crippen LogP contribution in [0.25, 0.3) is 0 Å². The Balaban J connectivity index is 2.65. The molecule has 1 saturated carbocycles. The molecule has 1 aliphatic carbocycles. The highest BCUT2D eigenvalue weighted by molar-refractivity contribution is 5.86. The first-order valence-corrected chi connectivity index (χ1v) is 6.07. The number of hydrogen-bond acceptors (Lipinski definition) is 2. The van der Waals surface area contributed by atoms with E-state index in [4.69, 9.17) is 5.73 Å². The maximum absolute atomic E-state index is 12.2. The van der Waals surface area contributed by atoms with E-state index >= 15 is 0 Å².